The highest BCUT2D eigenvalue weighted by molar-refractivity contribution is 6.99. The number of benzene rings is 1. The van der Waals surface area contributed by atoms with E-state index in [0.717, 1.165) is 30.4 Å². The number of carbonyl (C=O) groups excluding carboxylic acids is 1. The fourth-order valence-electron chi connectivity index (χ4n) is 2.12. The van der Waals surface area contributed by atoms with Crippen molar-refractivity contribution in [1.82, 2.24) is 14.2 Å². The van der Waals surface area contributed by atoms with Crippen LogP contribution in [0.15, 0.2) is 35.4 Å². The van der Waals surface area contributed by atoms with Gasteiger partial charge in [0, 0.05) is 13.1 Å². The molecule has 0 bridgehead atoms. The molecule has 2 heterocycles. The Morgan fingerprint density at radius 3 is 2.92 bits per heavy atom. The molecule has 0 radical (unpaired) electrons. The van der Waals surface area contributed by atoms with Crippen LogP contribution in [0.25, 0.3) is 0 Å². The van der Waals surface area contributed by atoms with Gasteiger partial charge < -0.3 is 14.4 Å². The second-order valence-corrected chi connectivity index (χ2v) is 5.51. The molecule has 126 valence electrons. The van der Waals surface area contributed by atoms with Crippen molar-refractivity contribution in [3.8, 4) is 5.88 Å². The molecule has 8 nitrogen and oxygen atoms in total. The minimum Gasteiger partial charge on any atom is -0.464 e. The Labute approximate surface area is 143 Å². The van der Waals surface area contributed by atoms with Crippen molar-refractivity contribution >= 4 is 29.7 Å². The summed E-state index contributed by atoms with van der Waals surface area (Å²) in [5.74, 6) is 0.663. The maximum Gasteiger partial charge on any atom is 0.278 e. The summed E-state index contributed by atoms with van der Waals surface area (Å²) in [5.41, 5.74) is 3.32. The first-order valence-corrected chi connectivity index (χ1v) is 8.21. The van der Waals surface area contributed by atoms with E-state index in [0.29, 0.717) is 24.9 Å². The number of rotatable bonds is 6. The van der Waals surface area contributed by atoms with Crippen LogP contribution in [0, 0.1) is 0 Å². The number of carbonyl (C=O) groups is 1. The largest absolute Gasteiger partial charge is 0.464 e. The molecule has 0 atom stereocenters. The van der Waals surface area contributed by atoms with Gasteiger partial charge in [0.2, 0.25) is 5.82 Å². The van der Waals surface area contributed by atoms with Gasteiger partial charge in [0.15, 0.2) is 6.61 Å². The molecule has 1 aromatic heterocycles. The topological polar surface area (TPSA) is 88.9 Å². The maximum atomic E-state index is 11.8. The summed E-state index contributed by atoms with van der Waals surface area (Å²) >= 11 is 1.06. The standard InChI is InChI=1S/C15H17N5O3S/c21-13(17-16-10-12-4-2-1-3-5-12)11-23-15-14(18-24-19-15)20-6-8-22-9-7-20/h1-5,10H,6-9,11H2,(H,17,21)/b16-10+. The molecular formula is C15H17N5O3S. The summed E-state index contributed by atoms with van der Waals surface area (Å²) in [6, 6.07) is 9.49. The molecule has 1 aliphatic rings. The van der Waals surface area contributed by atoms with Gasteiger partial charge in [0.1, 0.15) is 0 Å². The van der Waals surface area contributed by atoms with E-state index in [1.54, 1.807) is 6.21 Å². The summed E-state index contributed by atoms with van der Waals surface area (Å²) < 4.78 is 19.1. The van der Waals surface area contributed by atoms with Crippen molar-refractivity contribution in [3.63, 3.8) is 0 Å². The third-order valence-electron chi connectivity index (χ3n) is 3.30. The van der Waals surface area contributed by atoms with Crippen LogP contribution in [-0.2, 0) is 9.53 Å². The maximum absolute atomic E-state index is 11.8. The van der Waals surface area contributed by atoms with Gasteiger partial charge in [-0.2, -0.15) is 9.47 Å². The number of nitrogens with zero attached hydrogens (tertiary/aromatic N) is 4. The molecule has 1 N–H and O–H groups in total. The number of anilines is 1. The molecule has 0 spiro atoms. The average molecular weight is 347 g/mol. The molecule has 1 aliphatic heterocycles. The fraction of sp³-hybridized carbons (Fsp3) is 0.333. The first-order valence-electron chi connectivity index (χ1n) is 7.48. The Bertz CT molecular complexity index is 685. The van der Waals surface area contributed by atoms with E-state index < -0.39 is 0 Å². The lowest BCUT2D eigenvalue weighted by Gasteiger charge is -2.26. The summed E-state index contributed by atoms with van der Waals surface area (Å²) in [5, 5.41) is 3.89. The number of nitrogens with one attached hydrogen (secondary N) is 1. The zero-order chi connectivity index (χ0) is 16.6. The number of hydrogen-bond acceptors (Lipinski definition) is 8. The molecule has 0 aliphatic carbocycles. The third-order valence-corrected chi connectivity index (χ3v) is 3.80. The van der Waals surface area contributed by atoms with Gasteiger partial charge in [-0.3, -0.25) is 4.79 Å². The van der Waals surface area contributed by atoms with Gasteiger partial charge in [-0.05, 0) is 5.56 Å². The van der Waals surface area contributed by atoms with E-state index in [-0.39, 0.29) is 12.5 Å². The van der Waals surface area contributed by atoms with E-state index in [9.17, 15) is 4.79 Å². The zero-order valence-corrected chi connectivity index (χ0v) is 13.7. The Morgan fingerprint density at radius 2 is 2.12 bits per heavy atom. The van der Waals surface area contributed by atoms with Crippen LogP contribution in [-0.4, -0.2) is 53.8 Å². The number of aromatic nitrogens is 2. The van der Waals surface area contributed by atoms with Gasteiger partial charge in [-0.15, -0.1) is 4.37 Å². The summed E-state index contributed by atoms with van der Waals surface area (Å²) in [6.07, 6.45) is 1.57. The number of hydrogen-bond donors (Lipinski definition) is 1. The number of amides is 1. The van der Waals surface area contributed by atoms with Crippen molar-refractivity contribution in [2.75, 3.05) is 37.8 Å². The first-order chi connectivity index (χ1) is 11.8. The molecule has 1 aromatic carbocycles. The van der Waals surface area contributed by atoms with E-state index in [4.69, 9.17) is 9.47 Å². The minimum absolute atomic E-state index is 0.172. The second kappa shape index (κ2) is 8.37. The van der Waals surface area contributed by atoms with Gasteiger partial charge in [0.05, 0.1) is 31.2 Å². The summed E-state index contributed by atoms with van der Waals surface area (Å²) in [6.45, 7) is 2.58. The van der Waals surface area contributed by atoms with Crippen LogP contribution in [0.5, 0.6) is 5.88 Å². The highest BCUT2D eigenvalue weighted by Gasteiger charge is 2.20. The van der Waals surface area contributed by atoms with E-state index in [1.807, 2.05) is 35.2 Å². The van der Waals surface area contributed by atoms with Crippen molar-refractivity contribution < 1.29 is 14.3 Å². The van der Waals surface area contributed by atoms with Crippen LogP contribution >= 0.6 is 11.7 Å². The lowest BCUT2D eigenvalue weighted by atomic mass is 10.2. The van der Waals surface area contributed by atoms with Crippen LogP contribution in [0.1, 0.15) is 5.56 Å². The summed E-state index contributed by atoms with van der Waals surface area (Å²) in [4.78, 5) is 13.8. The van der Waals surface area contributed by atoms with Crippen molar-refractivity contribution in [2.24, 2.45) is 5.10 Å². The van der Waals surface area contributed by atoms with Crippen molar-refractivity contribution in [2.45, 2.75) is 0 Å². The van der Waals surface area contributed by atoms with E-state index in [1.165, 1.54) is 0 Å². The SMILES string of the molecule is O=C(COc1nsnc1N1CCOCC1)N/N=C/c1ccccc1. The third kappa shape index (κ3) is 4.49. The molecule has 1 fully saturated rings. The molecule has 3 rings (SSSR count). The normalized spacial score (nSPS) is 14.8. The van der Waals surface area contributed by atoms with E-state index >= 15 is 0 Å². The zero-order valence-electron chi connectivity index (χ0n) is 12.9. The Morgan fingerprint density at radius 1 is 1.33 bits per heavy atom. The van der Waals surface area contributed by atoms with Crippen LogP contribution in [0.3, 0.4) is 0 Å². The molecule has 1 saturated heterocycles. The van der Waals surface area contributed by atoms with Crippen molar-refractivity contribution in [1.29, 1.82) is 0 Å². The van der Waals surface area contributed by atoms with Gasteiger partial charge in [-0.1, -0.05) is 30.3 Å². The summed E-state index contributed by atoms with van der Waals surface area (Å²) in [7, 11) is 0. The van der Waals surface area contributed by atoms with Gasteiger partial charge in [0.25, 0.3) is 11.8 Å². The monoisotopic (exact) mass is 347 g/mol. The Kier molecular flexibility index (Phi) is 5.70. The van der Waals surface area contributed by atoms with Crippen LogP contribution in [0.2, 0.25) is 0 Å². The highest BCUT2D eigenvalue weighted by atomic mass is 32.1. The smallest absolute Gasteiger partial charge is 0.278 e. The average Bonchev–Trinajstić information content (AvgIpc) is 3.10. The number of hydrazone groups is 1. The van der Waals surface area contributed by atoms with Gasteiger partial charge >= 0.3 is 0 Å². The minimum atomic E-state index is -0.358. The molecular weight excluding hydrogens is 330 g/mol. The predicted octanol–water partition coefficient (Wildman–Crippen LogP) is 0.904. The molecule has 1 amide bonds. The second-order valence-electron chi connectivity index (χ2n) is 4.98. The molecule has 0 saturated carbocycles. The molecule has 24 heavy (non-hydrogen) atoms. The molecule has 0 unspecified atom stereocenters. The molecule has 2 aromatic rings. The first kappa shape index (κ1) is 16.3. The Hall–Kier alpha value is -2.52. The predicted molar refractivity (Wildman–Crippen MR) is 90.6 cm³/mol. The lowest BCUT2D eigenvalue weighted by Crippen LogP contribution is -2.36. The van der Waals surface area contributed by atoms with Crippen molar-refractivity contribution in [3.05, 3.63) is 35.9 Å². The quantitative estimate of drug-likeness (QED) is 0.617. The fourth-order valence-corrected chi connectivity index (χ4v) is 2.64. The van der Waals surface area contributed by atoms with E-state index in [2.05, 4.69) is 19.3 Å². The lowest BCUT2D eigenvalue weighted by molar-refractivity contribution is -0.123. The van der Waals surface area contributed by atoms with Crippen LogP contribution in [0.4, 0.5) is 5.82 Å². The number of morpholine rings is 1. The Balaban J connectivity index is 1.48. The van der Waals surface area contributed by atoms with Gasteiger partial charge in [-0.25, -0.2) is 5.43 Å². The van der Waals surface area contributed by atoms with Crippen LogP contribution < -0.4 is 15.1 Å². The number of ether oxygens (including phenoxy) is 2. The highest BCUT2D eigenvalue weighted by Crippen LogP contribution is 2.26. The molecule has 9 heteroatoms.